The van der Waals surface area contributed by atoms with Crippen LogP contribution < -0.4 is 0 Å². The van der Waals surface area contributed by atoms with Crippen molar-refractivity contribution in [2.75, 3.05) is 0 Å². The predicted molar refractivity (Wildman–Crippen MR) is 72.0 cm³/mol. The Morgan fingerprint density at radius 1 is 1.43 bits per heavy atom. The molecule has 1 aliphatic carbocycles. The van der Waals surface area contributed by atoms with Gasteiger partial charge >= 0.3 is 0 Å². The Bertz CT molecular complexity index is 236. The monoisotopic (exact) mass is 362 g/mol. The SMILES string of the molecule is C[C@@]1(Br)C[C@@](C)(Cl)[C@@H](Br)CC1C=CCl. The molecule has 14 heavy (non-hydrogen) atoms. The minimum Gasteiger partial charge on any atom is -0.118 e. The van der Waals surface area contributed by atoms with Crippen molar-refractivity contribution in [3.05, 3.63) is 11.6 Å². The topological polar surface area (TPSA) is 0 Å². The van der Waals surface area contributed by atoms with Crippen molar-refractivity contribution in [3.63, 3.8) is 0 Å². The minimum atomic E-state index is -0.186. The maximum atomic E-state index is 6.44. The number of hydrogen-bond acceptors (Lipinski definition) is 0. The zero-order valence-corrected chi connectivity index (χ0v) is 12.9. The molecule has 1 saturated carbocycles. The Hall–Kier alpha value is 1.28. The van der Waals surface area contributed by atoms with Crippen LogP contribution in [0.2, 0.25) is 0 Å². The number of hydrogen-bond donors (Lipinski definition) is 0. The van der Waals surface area contributed by atoms with E-state index < -0.39 is 0 Å². The first kappa shape index (κ1) is 13.3. The van der Waals surface area contributed by atoms with Crippen LogP contribution in [0, 0.1) is 5.92 Å². The van der Waals surface area contributed by atoms with Gasteiger partial charge in [-0.1, -0.05) is 49.5 Å². The van der Waals surface area contributed by atoms with Gasteiger partial charge in [0.1, 0.15) is 0 Å². The Kier molecular flexibility index (Phi) is 4.43. The van der Waals surface area contributed by atoms with E-state index in [1.165, 1.54) is 0 Å². The molecule has 1 unspecified atom stereocenters. The summed E-state index contributed by atoms with van der Waals surface area (Å²) in [7, 11) is 0. The molecule has 82 valence electrons. The van der Waals surface area contributed by atoms with Crippen molar-refractivity contribution in [1.82, 2.24) is 0 Å². The first-order valence-corrected chi connectivity index (χ1v) is 7.11. The van der Waals surface area contributed by atoms with Crippen LogP contribution in [0.15, 0.2) is 11.6 Å². The van der Waals surface area contributed by atoms with Crippen molar-refractivity contribution in [1.29, 1.82) is 0 Å². The number of halogens is 4. The van der Waals surface area contributed by atoms with E-state index in [1.807, 2.05) is 6.08 Å². The van der Waals surface area contributed by atoms with E-state index in [-0.39, 0.29) is 9.20 Å². The van der Waals surface area contributed by atoms with Crippen molar-refractivity contribution in [2.24, 2.45) is 5.92 Å². The highest BCUT2D eigenvalue weighted by molar-refractivity contribution is 9.10. The van der Waals surface area contributed by atoms with Gasteiger partial charge in [-0.25, -0.2) is 0 Å². The van der Waals surface area contributed by atoms with Crippen LogP contribution in [0.1, 0.15) is 26.7 Å². The molecule has 4 heteroatoms. The lowest BCUT2D eigenvalue weighted by Gasteiger charge is -2.45. The van der Waals surface area contributed by atoms with Gasteiger partial charge in [0.2, 0.25) is 0 Å². The van der Waals surface area contributed by atoms with Crippen LogP contribution >= 0.6 is 55.1 Å². The van der Waals surface area contributed by atoms with Crippen molar-refractivity contribution < 1.29 is 0 Å². The average Bonchev–Trinajstić information content (AvgIpc) is 1.99. The van der Waals surface area contributed by atoms with Crippen molar-refractivity contribution in [2.45, 2.75) is 40.7 Å². The van der Waals surface area contributed by atoms with Crippen LogP contribution in [0.5, 0.6) is 0 Å². The summed E-state index contributed by atoms with van der Waals surface area (Å²) in [6.07, 6.45) is 3.96. The largest absolute Gasteiger partial charge is 0.118 e. The van der Waals surface area contributed by atoms with Crippen molar-refractivity contribution >= 4 is 55.1 Å². The first-order valence-electron chi connectivity index (χ1n) is 4.58. The molecule has 1 fully saturated rings. The first-order chi connectivity index (χ1) is 6.29. The fourth-order valence-electron chi connectivity index (χ4n) is 2.00. The van der Waals surface area contributed by atoms with E-state index in [1.54, 1.807) is 5.54 Å². The molecule has 0 bridgehead atoms. The third-order valence-electron chi connectivity index (χ3n) is 2.88. The Morgan fingerprint density at radius 2 is 2.00 bits per heavy atom. The van der Waals surface area contributed by atoms with Gasteiger partial charge in [0.25, 0.3) is 0 Å². The molecular formula is C10H14Br2Cl2. The van der Waals surface area contributed by atoms with E-state index in [9.17, 15) is 0 Å². The van der Waals surface area contributed by atoms with E-state index >= 15 is 0 Å². The second-order valence-corrected chi connectivity index (χ2v) is 8.39. The van der Waals surface area contributed by atoms with Gasteiger partial charge in [0.05, 0.1) is 4.87 Å². The molecule has 0 amide bonds. The average molecular weight is 365 g/mol. The third kappa shape index (κ3) is 2.90. The molecule has 1 rings (SSSR count). The second-order valence-electron chi connectivity index (χ2n) is 4.36. The fourth-order valence-corrected chi connectivity index (χ4v) is 4.19. The molecule has 0 saturated heterocycles. The molecule has 0 N–H and O–H groups in total. The summed E-state index contributed by atoms with van der Waals surface area (Å²) in [4.78, 5) is 0.148. The summed E-state index contributed by atoms with van der Waals surface area (Å²) in [5.41, 5.74) is 1.60. The van der Waals surface area contributed by atoms with Gasteiger partial charge in [-0.2, -0.15) is 0 Å². The number of allylic oxidation sites excluding steroid dienone is 1. The fraction of sp³-hybridized carbons (Fsp3) is 0.800. The van der Waals surface area contributed by atoms with Crippen LogP contribution in [-0.2, 0) is 0 Å². The normalized spacial score (nSPS) is 49.9. The number of alkyl halides is 3. The maximum Gasteiger partial charge on any atom is 0.0557 e. The van der Waals surface area contributed by atoms with Gasteiger partial charge in [-0.3, -0.25) is 0 Å². The molecule has 0 aliphatic heterocycles. The van der Waals surface area contributed by atoms with Gasteiger partial charge < -0.3 is 0 Å². The van der Waals surface area contributed by atoms with Gasteiger partial charge in [0.15, 0.2) is 0 Å². The maximum absolute atomic E-state index is 6.44. The van der Waals surface area contributed by atoms with Crippen molar-refractivity contribution in [3.8, 4) is 0 Å². The highest BCUT2D eigenvalue weighted by atomic mass is 79.9. The van der Waals surface area contributed by atoms with Gasteiger partial charge in [-0.05, 0) is 32.6 Å². The second kappa shape index (κ2) is 4.65. The zero-order chi connectivity index (χ0) is 11.0. The van der Waals surface area contributed by atoms with Crippen LogP contribution in [-0.4, -0.2) is 14.0 Å². The lowest BCUT2D eigenvalue weighted by molar-refractivity contribution is 0.310. The molecule has 0 aromatic rings. The van der Waals surface area contributed by atoms with Crippen LogP contribution in [0.3, 0.4) is 0 Å². The molecule has 0 aromatic heterocycles. The summed E-state index contributed by atoms with van der Waals surface area (Å²) in [6, 6.07) is 0. The molecule has 0 spiro atoms. The Labute approximate surface area is 113 Å². The quantitative estimate of drug-likeness (QED) is 0.570. The Balaban J connectivity index is 2.85. The third-order valence-corrected chi connectivity index (χ3v) is 5.94. The minimum absolute atomic E-state index is 0.0408. The molecule has 0 aromatic carbocycles. The van der Waals surface area contributed by atoms with Crippen LogP contribution in [0.4, 0.5) is 0 Å². The summed E-state index contributed by atoms with van der Waals surface area (Å²) < 4.78 is 0.0408. The smallest absolute Gasteiger partial charge is 0.0557 e. The molecular weight excluding hydrogens is 351 g/mol. The van der Waals surface area contributed by atoms with Gasteiger partial charge in [0, 0.05) is 14.7 Å². The summed E-state index contributed by atoms with van der Waals surface area (Å²) >= 11 is 19.5. The predicted octanol–water partition coefficient (Wildman–Crippen LogP) is 5.06. The van der Waals surface area contributed by atoms with E-state index in [0.29, 0.717) is 10.7 Å². The number of rotatable bonds is 1. The van der Waals surface area contributed by atoms with Gasteiger partial charge in [-0.15, -0.1) is 11.6 Å². The summed E-state index contributed by atoms with van der Waals surface area (Å²) in [5, 5.41) is 0. The standard InChI is InChI=1S/C10H14Br2Cl2/c1-9(12)6-10(2,14)8(11)5-7(9)3-4-13/h3-4,7-8H,5-6H2,1-2H3/t7?,8-,9+,10+/m0/s1. The highest BCUT2D eigenvalue weighted by Crippen LogP contribution is 2.50. The molecule has 4 atom stereocenters. The van der Waals surface area contributed by atoms with Crippen LogP contribution in [0.25, 0.3) is 0 Å². The summed E-state index contributed by atoms with van der Waals surface area (Å²) in [5.74, 6) is 0.427. The van der Waals surface area contributed by atoms with E-state index in [0.717, 1.165) is 12.8 Å². The zero-order valence-electron chi connectivity index (χ0n) is 8.24. The molecule has 0 nitrogen and oxygen atoms in total. The molecule has 0 heterocycles. The van der Waals surface area contributed by atoms with E-state index in [2.05, 4.69) is 45.7 Å². The summed E-state index contributed by atoms with van der Waals surface area (Å²) in [6.45, 7) is 4.25. The molecule has 0 radical (unpaired) electrons. The highest BCUT2D eigenvalue weighted by Gasteiger charge is 2.47. The Morgan fingerprint density at radius 3 is 2.50 bits per heavy atom. The lowest BCUT2D eigenvalue weighted by Crippen LogP contribution is -2.47. The van der Waals surface area contributed by atoms with E-state index in [4.69, 9.17) is 23.2 Å². The molecule has 1 aliphatic rings. The lowest BCUT2D eigenvalue weighted by atomic mass is 9.75.